The van der Waals surface area contributed by atoms with Gasteiger partial charge < -0.3 is 9.42 Å². The summed E-state index contributed by atoms with van der Waals surface area (Å²) in [6.07, 6.45) is 9.94. The molecule has 4 heterocycles. The minimum atomic E-state index is 0.233. The monoisotopic (exact) mass is 522 g/mol. The highest BCUT2D eigenvalue weighted by Gasteiger charge is 2.44. The van der Waals surface area contributed by atoms with Crippen LogP contribution in [0.2, 0.25) is 10.0 Å². The molecule has 5 nitrogen and oxygen atoms in total. The number of halogens is 2. The molecule has 8 heteroatoms. The van der Waals surface area contributed by atoms with Crippen molar-refractivity contribution in [3.63, 3.8) is 0 Å². The van der Waals surface area contributed by atoms with Gasteiger partial charge in [-0.1, -0.05) is 51.8 Å². The normalized spacial score (nSPS) is 19.3. The second-order valence-corrected chi connectivity index (χ2v) is 12.0. The molecule has 1 aromatic carbocycles. The van der Waals surface area contributed by atoms with Crippen LogP contribution in [0.25, 0.3) is 27.2 Å². The highest BCUT2D eigenvalue weighted by Crippen LogP contribution is 2.56. The number of benzene rings is 1. The Labute approximate surface area is 217 Å². The zero-order valence-corrected chi connectivity index (χ0v) is 21.7. The number of hydrogen-bond acceptors (Lipinski definition) is 6. The summed E-state index contributed by atoms with van der Waals surface area (Å²) in [5.74, 6) is 1.47. The minimum absolute atomic E-state index is 0.233. The first kappa shape index (κ1) is 21.8. The molecule has 1 spiro atoms. The van der Waals surface area contributed by atoms with Gasteiger partial charge in [0.2, 0.25) is 0 Å². The number of piperidine rings is 1. The Hall–Kier alpha value is -2.41. The van der Waals surface area contributed by atoms with Gasteiger partial charge in [-0.15, -0.1) is 0 Å². The predicted octanol–water partition coefficient (Wildman–Crippen LogP) is 7.91. The number of rotatable bonds is 4. The standard InChI is InChI=1S/C27H24Cl2N4OS/c1-15-11-20-25(30-14-15)31-26(35-20)33-9-7-27(8-10-33)12-17(13-27)21-23(32-34-24(21)16-5-6-16)22-18(28)3-2-4-19(22)29/h2-4,11-12,14,16H,5-10,13H2,1H3. The van der Waals surface area contributed by atoms with Gasteiger partial charge in [0, 0.05) is 36.3 Å². The van der Waals surface area contributed by atoms with Crippen molar-refractivity contribution in [1.82, 2.24) is 15.1 Å². The fraction of sp³-hybridized carbons (Fsp3) is 0.370. The minimum Gasteiger partial charge on any atom is -0.360 e. The highest BCUT2D eigenvalue weighted by atomic mass is 35.5. The second kappa shape index (κ2) is 8.05. The average Bonchev–Trinajstić information content (AvgIpc) is 3.44. The third-order valence-electron chi connectivity index (χ3n) is 7.61. The van der Waals surface area contributed by atoms with Crippen molar-refractivity contribution in [2.24, 2.45) is 5.41 Å². The fourth-order valence-electron chi connectivity index (χ4n) is 5.52. The number of hydrogen-bond donors (Lipinski definition) is 0. The van der Waals surface area contributed by atoms with Crippen LogP contribution in [0, 0.1) is 12.3 Å². The molecular weight excluding hydrogens is 499 g/mol. The first-order chi connectivity index (χ1) is 17.0. The van der Waals surface area contributed by atoms with Crippen LogP contribution in [0.3, 0.4) is 0 Å². The van der Waals surface area contributed by atoms with E-state index in [-0.39, 0.29) is 5.41 Å². The lowest BCUT2D eigenvalue weighted by Crippen LogP contribution is -2.42. The molecule has 2 aliphatic carbocycles. The van der Waals surface area contributed by atoms with Crippen molar-refractivity contribution >= 4 is 55.6 Å². The van der Waals surface area contributed by atoms with Gasteiger partial charge >= 0.3 is 0 Å². The molecule has 0 unspecified atom stereocenters. The number of nitrogens with zero attached hydrogens (tertiary/aromatic N) is 4. The quantitative estimate of drug-likeness (QED) is 0.272. The van der Waals surface area contributed by atoms with Gasteiger partial charge in [-0.25, -0.2) is 4.98 Å². The molecule has 1 saturated carbocycles. The smallest absolute Gasteiger partial charge is 0.188 e. The largest absolute Gasteiger partial charge is 0.360 e. The first-order valence-corrected chi connectivity index (χ1v) is 13.7. The lowest BCUT2D eigenvalue weighted by atomic mass is 9.63. The molecule has 1 saturated heterocycles. The molecule has 3 aliphatic rings. The number of aryl methyl sites for hydroxylation is 1. The van der Waals surface area contributed by atoms with Crippen molar-refractivity contribution in [2.45, 2.75) is 44.9 Å². The SMILES string of the molecule is Cc1cnc2nc(N3CCC4(C=C(c5c(-c6c(Cl)cccc6Cl)noc5C5CC5)C4)CC3)sc2c1. The zero-order valence-electron chi connectivity index (χ0n) is 19.4. The van der Waals surface area contributed by atoms with Crippen molar-refractivity contribution in [1.29, 1.82) is 0 Å². The van der Waals surface area contributed by atoms with E-state index in [0.717, 1.165) is 83.3 Å². The molecule has 2 fully saturated rings. The number of thiazole rings is 1. The van der Waals surface area contributed by atoms with Crippen molar-refractivity contribution < 1.29 is 4.52 Å². The molecule has 0 bridgehead atoms. The number of aromatic nitrogens is 3. The Bertz CT molecular complexity index is 1470. The van der Waals surface area contributed by atoms with E-state index in [1.54, 1.807) is 11.3 Å². The lowest BCUT2D eigenvalue weighted by molar-refractivity contribution is 0.277. The van der Waals surface area contributed by atoms with Gasteiger partial charge in [-0.2, -0.15) is 4.98 Å². The summed E-state index contributed by atoms with van der Waals surface area (Å²) in [5, 5.41) is 6.78. The molecule has 7 rings (SSSR count). The van der Waals surface area contributed by atoms with E-state index < -0.39 is 0 Å². The Kier molecular flexibility index (Phi) is 5.02. The molecule has 4 aromatic rings. The highest BCUT2D eigenvalue weighted by molar-refractivity contribution is 7.22. The van der Waals surface area contributed by atoms with Gasteiger partial charge in [0.05, 0.1) is 14.7 Å². The zero-order chi connectivity index (χ0) is 23.7. The van der Waals surface area contributed by atoms with Gasteiger partial charge in [0.1, 0.15) is 11.5 Å². The van der Waals surface area contributed by atoms with Crippen molar-refractivity contribution in [2.75, 3.05) is 18.0 Å². The topological polar surface area (TPSA) is 55.1 Å². The molecule has 0 amide bonds. The maximum Gasteiger partial charge on any atom is 0.188 e. The number of allylic oxidation sites excluding steroid dienone is 2. The van der Waals surface area contributed by atoms with Crippen molar-refractivity contribution in [3.8, 4) is 11.3 Å². The second-order valence-electron chi connectivity index (χ2n) is 10.2. The summed E-state index contributed by atoms with van der Waals surface area (Å²) in [4.78, 5) is 11.7. The van der Waals surface area contributed by atoms with Gasteiger partial charge in [-0.3, -0.25) is 0 Å². The van der Waals surface area contributed by atoms with Crippen LogP contribution in [0.15, 0.2) is 41.1 Å². The summed E-state index contributed by atoms with van der Waals surface area (Å²) < 4.78 is 7.06. The van der Waals surface area contributed by atoms with E-state index in [4.69, 9.17) is 32.7 Å². The van der Waals surface area contributed by atoms with E-state index >= 15 is 0 Å². The van der Waals surface area contributed by atoms with Gasteiger partial charge in [-0.05, 0) is 73.8 Å². The molecule has 1 aliphatic heterocycles. The Balaban J connectivity index is 1.16. The number of pyridine rings is 1. The average molecular weight is 523 g/mol. The maximum absolute atomic E-state index is 6.56. The number of fused-ring (bicyclic) bond motifs is 1. The van der Waals surface area contributed by atoms with Crippen LogP contribution in [0.1, 0.15) is 54.9 Å². The van der Waals surface area contributed by atoms with E-state index in [9.17, 15) is 0 Å². The Morgan fingerprint density at radius 2 is 1.86 bits per heavy atom. The van der Waals surface area contributed by atoms with E-state index in [1.807, 2.05) is 24.4 Å². The molecule has 35 heavy (non-hydrogen) atoms. The van der Waals surface area contributed by atoms with Crippen LogP contribution in [0.5, 0.6) is 0 Å². The van der Waals surface area contributed by atoms with Crippen LogP contribution in [0.4, 0.5) is 5.13 Å². The van der Waals surface area contributed by atoms with E-state index in [2.05, 4.69) is 34.1 Å². The Morgan fingerprint density at radius 1 is 1.11 bits per heavy atom. The Morgan fingerprint density at radius 3 is 2.57 bits per heavy atom. The molecule has 0 N–H and O–H groups in total. The maximum atomic E-state index is 6.56. The third-order valence-corrected chi connectivity index (χ3v) is 9.29. The molecular formula is C27H24Cl2N4OS. The summed E-state index contributed by atoms with van der Waals surface area (Å²) in [5.41, 5.74) is 6.28. The molecule has 0 radical (unpaired) electrons. The summed E-state index contributed by atoms with van der Waals surface area (Å²) in [6, 6.07) is 7.77. The van der Waals surface area contributed by atoms with Gasteiger partial charge in [0.25, 0.3) is 0 Å². The van der Waals surface area contributed by atoms with Crippen molar-refractivity contribution in [3.05, 3.63) is 63.5 Å². The number of anilines is 1. The summed E-state index contributed by atoms with van der Waals surface area (Å²) >= 11 is 14.9. The lowest BCUT2D eigenvalue weighted by Gasteiger charge is -2.46. The van der Waals surface area contributed by atoms with Crippen LogP contribution >= 0.6 is 34.5 Å². The summed E-state index contributed by atoms with van der Waals surface area (Å²) in [6.45, 7) is 4.09. The molecule has 178 valence electrons. The fourth-order valence-corrected chi connectivity index (χ4v) is 7.17. The predicted molar refractivity (Wildman–Crippen MR) is 143 cm³/mol. The van der Waals surface area contributed by atoms with Crippen LogP contribution < -0.4 is 4.90 Å². The first-order valence-electron chi connectivity index (χ1n) is 12.1. The van der Waals surface area contributed by atoms with E-state index in [0.29, 0.717) is 16.0 Å². The third kappa shape index (κ3) is 3.69. The van der Waals surface area contributed by atoms with E-state index in [1.165, 1.54) is 11.1 Å². The van der Waals surface area contributed by atoms with Crippen LogP contribution in [-0.2, 0) is 0 Å². The van der Waals surface area contributed by atoms with Gasteiger partial charge in [0.15, 0.2) is 10.8 Å². The summed E-state index contributed by atoms with van der Waals surface area (Å²) in [7, 11) is 0. The van der Waals surface area contributed by atoms with Crippen LogP contribution in [-0.4, -0.2) is 28.2 Å². The molecule has 3 aromatic heterocycles. The molecule has 0 atom stereocenters.